The van der Waals surface area contributed by atoms with Crippen LogP contribution in [0.2, 0.25) is 0 Å². The van der Waals surface area contributed by atoms with Crippen molar-refractivity contribution in [2.75, 3.05) is 0 Å². The molecule has 0 spiro atoms. The fraction of sp³-hybridized carbons (Fsp3) is 0. The molecule has 0 atom stereocenters. The van der Waals surface area contributed by atoms with Crippen molar-refractivity contribution < 1.29 is 0 Å². The molecule has 0 unspecified atom stereocenters. The summed E-state index contributed by atoms with van der Waals surface area (Å²) in [5.74, 6) is 0. The Morgan fingerprint density at radius 1 is 1.00 bits per heavy atom. The van der Waals surface area contributed by atoms with E-state index in [1.807, 2.05) is 0 Å². The van der Waals surface area contributed by atoms with E-state index in [1.165, 1.54) is 0 Å². The normalized spacial score (nSPS) is 6.00. The van der Waals surface area contributed by atoms with Gasteiger partial charge in [-0.2, -0.15) is 0 Å². The zero-order valence-electron chi connectivity index (χ0n) is 1.97. The summed E-state index contributed by atoms with van der Waals surface area (Å²) >= 11 is 0. The summed E-state index contributed by atoms with van der Waals surface area (Å²) in [5.41, 5.74) is 0. The Hall–Kier alpha value is 1.62. The molecule has 28 valence electrons. The van der Waals surface area contributed by atoms with Gasteiger partial charge in [-0.3, -0.25) is 10.3 Å². The molecule has 0 fully saturated rings. The Bertz CT molecular complexity index is 9.61. The molecule has 0 bridgehead atoms. The molecule has 0 aliphatic heterocycles. The Morgan fingerprint density at radius 2 is 1.20 bits per heavy atom. The van der Waals surface area contributed by atoms with Crippen molar-refractivity contribution >= 4 is 51.5 Å². The molecule has 4 N–H and O–H groups in total. The van der Waals surface area contributed by atoms with Crippen LogP contribution in [-0.2, 0) is 0 Å². The first-order valence-corrected chi connectivity index (χ1v) is 2.91. The van der Waals surface area contributed by atoms with Crippen molar-refractivity contribution in [1.29, 1.82) is 0 Å². The van der Waals surface area contributed by atoms with Crippen LogP contribution in [0.25, 0.3) is 0 Å². The molecule has 0 aromatic carbocycles. The van der Waals surface area contributed by atoms with Gasteiger partial charge in [-0.1, -0.05) is 0 Å². The molecule has 0 aliphatic carbocycles. The maximum atomic E-state index is 4.78. The zero-order valence-corrected chi connectivity index (χ0v) is 3.60. The molecule has 5 heteroatoms. The fourth-order valence-corrected chi connectivity index (χ4v) is 0. The summed E-state index contributed by atoms with van der Waals surface area (Å²) in [7, 11) is 2.10. The molecule has 0 heterocycles. The molecule has 0 saturated heterocycles. The van der Waals surface area contributed by atoms with Crippen molar-refractivity contribution in [3.63, 3.8) is 0 Å². The summed E-state index contributed by atoms with van der Waals surface area (Å²) < 4.78 is 0. The van der Waals surface area contributed by atoms with Crippen molar-refractivity contribution in [1.82, 2.24) is 0 Å². The molecule has 0 aromatic heterocycles. The van der Waals surface area contributed by atoms with E-state index in [0.29, 0.717) is 0 Å². The molecule has 0 saturated carbocycles. The van der Waals surface area contributed by atoms with Gasteiger partial charge in [-0.05, 0) is 0 Å². The van der Waals surface area contributed by atoms with Crippen LogP contribution >= 0.6 is 22.0 Å². The van der Waals surface area contributed by atoms with Gasteiger partial charge < -0.3 is 0 Å². The van der Waals surface area contributed by atoms with E-state index in [1.54, 1.807) is 0 Å². The average Bonchev–Trinajstić information content (AvgIpc) is 1.37. The van der Waals surface area contributed by atoms with Crippen LogP contribution in [0.1, 0.15) is 0 Å². The molecule has 0 aromatic rings. The summed E-state index contributed by atoms with van der Waals surface area (Å²) in [6, 6.07) is 0. The molecular weight excluding hydrogens is 115 g/mol. The van der Waals surface area contributed by atoms with Gasteiger partial charge in [-0.15, -0.1) is 0 Å². The first kappa shape index (κ1) is 9.80. The Morgan fingerprint density at radius 3 is 1.20 bits per heavy atom. The average molecular weight is 120 g/mol. The quantitative estimate of drug-likeness (QED) is 0.277. The van der Waals surface area contributed by atoms with E-state index < -0.39 is 0 Å². The molecule has 0 rings (SSSR count). The van der Waals surface area contributed by atoms with E-state index in [9.17, 15) is 0 Å². The SMILES string of the molecule is NSSN.[NaH]. The molecular formula is H5N2NaS2. The monoisotopic (exact) mass is 120 g/mol. The van der Waals surface area contributed by atoms with Gasteiger partial charge in [0.1, 0.15) is 0 Å². The van der Waals surface area contributed by atoms with Gasteiger partial charge in [-0.25, -0.2) is 0 Å². The van der Waals surface area contributed by atoms with Crippen LogP contribution in [0, 0.1) is 0 Å². The fourth-order valence-electron chi connectivity index (χ4n) is 0. The first-order valence-electron chi connectivity index (χ1n) is 0.638. The summed E-state index contributed by atoms with van der Waals surface area (Å²) in [5, 5.41) is 9.56. The van der Waals surface area contributed by atoms with Crippen LogP contribution in [0.15, 0.2) is 0 Å². The second kappa shape index (κ2) is 9.15. The topological polar surface area (TPSA) is 52.0 Å². The van der Waals surface area contributed by atoms with Gasteiger partial charge in [0, 0.05) is 22.0 Å². The van der Waals surface area contributed by atoms with E-state index in [0.717, 1.165) is 22.0 Å². The Labute approximate surface area is 61.4 Å². The first-order chi connectivity index (χ1) is 1.91. The minimum absolute atomic E-state index is 0. The second-order valence-corrected chi connectivity index (χ2v) is 1.73. The van der Waals surface area contributed by atoms with Gasteiger partial charge in [0.15, 0.2) is 0 Å². The molecule has 0 amide bonds. The molecule has 0 aliphatic rings. The van der Waals surface area contributed by atoms with Crippen LogP contribution in [0.3, 0.4) is 0 Å². The third kappa shape index (κ3) is 10.7. The Balaban J connectivity index is 0. The second-order valence-electron chi connectivity index (χ2n) is 0.192. The van der Waals surface area contributed by atoms with Crippen molar-refractivity contribution in [3.8, 4) is 0 Å². The summed E-state index contributed by atoms with van der Waals surface area (Å²) in [4.78, 5) is 0. The van der Waals surface area contributed by atoms with Gasteiger partial charge in [0.2, 0.25) is 0 Å². The standard InChI is InChI=1S/H4N2S2.Na.H/c1-3-4-2;;/h1-2H2;;. The van der Waals surface area contributed by atoms with Crippen molar-refractivity contribution in [3.05, 3.63) is 0 Å². The van der Waals surface area contributed by atoms with Crippen LogP contribution in [0.4, 0.5) is 0 Å². The van der Waals surface area contributed by atoms with E-state index in [4.69, 9.17) is 10.3 Å². The van der Waals surface area contributed by atoms with Crippen molar-refractivity contribution in [2.45, 2.75) is 0 Å². The predicted molar refractivity (Wildman–Crippen MR) is 30.7 cm³/mol. The molecule has 5 heavy (non-hydrogen) atoms. The number of hydrogen-bond donors (Lipinski definition) is 2. The third-order valence-corrected chi connectivity index (χ3v) is 0.500. The van der Waals surface area contributed by atoms with Gasteiger partial charge in [0.05, 0.1) is 0 Å². The minimum atomic E-state index is 0. The summed E-state index contributed by atoms with van der Waals surface area (Å²) in [6.45, 7) is 0. The Kier molecular flexibility index (Phi) is 17.9. The number of rotatable bonds is 1. The van der Waals surface area contributed by atoms with Gasteiger partial charge in [0.25, 0.3) is 0 Å². The van der Waals surface area contributed by atoms with E-state index in [-0.39, 0.29) is 29.6 Å². The third-order valence-electron chi connectivity index (χ3n) is 0.0556. The number of hydrogen-bond acceptors (Lipinski definition) is 4. The molecule has 0 radical (unpaired) electrons. The van der Waals surface area contributed by atoms with Crippen LogP contribution < -0.4 is 10.3 Å². The van der Waals surface area contributed by atoms with Crippen LogP contribution in [0.5, 0.6) is 0 Å². The predicted octanol–water partition coefficient (Wildman–Crippen LogP) is -0.533. The number of nitrogens with two attached hydrogens (primary N) is 2. The van der Waals surface area contributed by atoms with Crippen LogP contribution in [-0.4, -0.2) is 29.6 Å². The van der Waals surface area contributed by atoms with E-state index >= 15 is 0 Å². The summed E-state index contributed by atoms with van der Waals surface area (Å²) in [6.07, 6.45) is 0. The zero-order chi connectivity index (χ0) is 3.41. The molecule has 2 nitrogen and oxygen atoms in total. The van der Waals surface area contributed by atoms with E-state index in [2.05, 4.69) is 0 Å². The van der Waals surface area contributed by atoms with Crippen molar-refractivity contribution in [2.24, 2.45) is 10.3 Å². The maximum absolute atomic E-state index is 4.78. The van der Waals surface area contributed by atoms with Gasteiger partial charge >= 0.3 is 29.6 Å².